The van der Waals surface area contributed by atoms with Crippen LogP contribution in [-0.2, 0) is 6.42 Å². The fraction of sp³-hybridized carbons (Fsp3) is 0.292. The Morgan fingerprint density at radius 2 is 1.81 bits per heavy atom. The zero-order valence-corrected chi connectivity index (χ0v) is 17.7. The van der Waals surface area contributed by atoms with Crippen LogP contribution in [0.4, 0.5) is 0 Å². The van der Waals surface area contributed by atoms with E-state index in [1.54, 1.807) is 0 Å². The maximum Gasteiger partial charge on any atom is 0.204 e. The molecule has 4 N–H and O–H groups in total. The first-order valence-corrected chi connectivity index (χ1v) is 9.84. The number of aliphatic hydroxyl groups is 1. The van der Waals surface area contributed by atoms with Crippen LogP contribution in [0.3, 0.4) is 0 Å². The largest absolute Gasteiger partial charge is 0.508 e. The lowest BCUT2D eigenvalue weighted by Gasteiger charge is -2.18. The number of fused-ring (bicyclic) bond motifs is 2. The summed E-state index contributed by atoms with van der Waals surface area (Å²) in [5.41, 5.74) is 1.43. The van der Waals surface area contributed by atoms with Gasteiger partial charge in [-0.05, 0) is 32.3 Å². The highest BCUT2D eigenvalue weighted by molar-refractivity contribution is 5.96. The Balaban J connectivity index is 2.17. The van der Waals surface area contributed by atoms with E-state index in [4.69, 9.17) is 9.15 Å². The molecule has 7 heteroatoms. The van der Waals surface area contributed by atoms with Crippen LogP contribution in [0.25, 0.3) is 21.9 Å². The third-order valence-corrected chi connectivity index (χ3v) is 5.15. The van der Waals surface area contributed by atoms with Crippen LogP contribution in [0.5, 0.6) is 23.0 Å². The molecule has 0 saturated carbocycles. The first-order valence-electron chi connectivity index (χ1n) is 9.84. The zero-order chi connectivity index (χ0) is 22.9. The number of phenolic OH excluding ortho intramolecular Hbond substituents is 3. The first-order chi connectivity index (χ1) is 14.6. The molecule has 0 saturated heterocycles. The standard InChI is InChI=1S/C24H26O7/c1-12(2)6-5-7-13(3)16(26)10-15-21-20(11-18(28)24(15)30-4)31-19-9-14(25)8-17(27)22(19)23(21)29/h6,8-9,11,16,25-28H,3,5,7,10H2,1-2,4H3. The van der Waals surface area contributed by atoms with E-state index in [-0.39, 0.29) is 51.2 Å². The fourth-order valence-electron chi connectivity index (χ4n) is 3.62. The van der Waals surface area contributed by atoms with Gasteiger partial charge >= 0.3 is 0 Å². The van der Waals surface area contributed by atoms with E-state index in [1.807, 2.05) is 19.9 Å². The van der Waals surface area contributed by atoms with Crippen molar-refractivity contribution in [3.8, 4) is 23.0 Å². The molecular weight excluding hydrogens is 400 g/mol. The molecule has 0 bridgehead atoms. The van der Waals surface area contributed by atoms with Crippen molar-refractivity contribution in [3.05, 3.63) is 57.8 Å². The Kier molecular flexibility index (Phi) is 6.27. The summed E-state index contributed by atoms with van der Waals surface area (Å²) in [6.07, 6.45) is 2.29. The summed E-state index contributed by atoms with van der Waals surface area (Å²) in [6.45, 7) is 7.93. The van der Waals surface area contributed by atoms with Crippen molar-refractivity contribution in [3.63, 3.8) is 0 Å². The predicted molar refractivity (Wildman–Crippen MR) is 119 cm³/mol. The van der Waals surface area contributed by atoms with E-state index in [9.17, 15) is 25.2 Å². The highest BCUT2D eigenvalue weighted by atomic mass is 16.5. The summed E-state index contributed by atoms with van der Waals surface area (Å²) in [5.74, 6) is -0.934. The number of allylic oxidation sites excluding steroid dienone is 2. The van der Waals surface area contributed by atoms with E-state index < -0.39 is 17.3 Å². The average molecular weight is 426 g/mol. The van der Waals surface area contributed by atoms with E-state index in [1.165, 1.54) is 24.8 Å². The van der Waals surface area contributed by atoms with E-state index >= 15 is 0 Å². The van der Waals surface area contributed by atoms with E-state index in [0.29, 0.717) is 12.0 Å². The molecule has 3 rings (SSSR count). The van der Waals surface area contributed by atoms with Crippen molar-refractivity contribution in [2.24, 2.45) is 0 Å². The first kappa shape index (κ1) is 22.2. The third-order valence-electron chi connectivity index (χ3n) is 5.15. The Morgan fingerprint density at radius 3 is 2.45 bits per heavy atom. The number of aromatic hydroxyl groups is 3. The van der Waals surface area contributed by atoms with Crippen molar-refractivity contribution in [2.45, 2.75) is 39.2 Å². The summed E-state index contributed by atoms with van der Waals surface area (Å²) in [4.78, 5) is 13.3. The molecule has 0 radical (unpaired) electrons. The van der Waals surface area contributed by atoms with Crippen LogP contribution >= 0.6 is 0 Å². The number of aliphatic hydroxyl groups excluding tert-OH is 1. The fourth-order valence-corrected chi connectivity index (χ4v) is 3.62. The molecule has 0 aliphatic carbocycles. The molecule has 1 heterocycles. The quantitative estimate of drug-likeness (QED) is 0.329. The SMILES string of the molecule is C=C(CCC=C(C)C)C(O)Cc1c(OC)c(O)cc2oc3cc(O)cc(O)c3c(=O)c12. The number of benzene rings is 2. The average Bonchev–Trinajstić information content (AvgIpc) is 2.66. The van der Waals surface area contributed by atoms with Gasteiger partial charge in [0.15, 0.2) is 11.5 Å². The van der Waals surface area contributed by atoms with Crippen molar-refractivity contribution in [2.75, 3.05) is 7.11 Å². The molecule has 2 aromatic carbocycles. The monoisotopic (exact) mass is 426 g/mol. The molecule has 3 aromatic rings. The van der Waals surface area contributed by atoms with Gasteiger partial charge in [0.05, 0.1) is 18.6 Å². The van der Waals surface area contributed by atoms with E-state index in [0.717, 1.165) is 12.5 Å². The molecule has 7 nitrogen and oxygen atoms in total. The number of rotatable bonds is 7. The summed E-state index contributed by atoms with van der Waals surface area (Å²) in [5, 5.41) is 41.0. The highest BCUT2D eigenvalue weighted by Crippen LogP contribution is 2.39. The van der Waals surface area contributed by atoms with Crippen LogP contribution in [0.2, 0.25) is 0 Å². The molecule has 1 atom stereocenters. The molecular formula is C24H26O7. The second kappa shape index (κ2) is 8.73. The van der Waals surface area contributed by atoms with Gasteiger partial charge in [-0.2, -0.15) is 0 Å². The summed E-state index contributed by atoms with van der Waals surface area (Å²) >= 11 is 0. The second-order valence-electron chi connectivity index (χ2n) is 7.75. The van der Waals surface area contributed by atoms with Crippen molar-refractivity contribution < 1.29 is 29.6 Å². The van der Waals surface area contributed by atoms with Crippen LogP contribution < -0.4 is 10.2 Å². The van der Waals surface area contributed by atoms with Gasteiger partial charge in [-0.1, -0.05) is 18.2 Å². The maximum absolute atomic E-state index is 13.3. The Morgan fingerprint density at radius 1 is 1.13 bits per heavy atom. The van der Waals surface area contributed by atoms with Gasteiger partial charge in [-0.3, -0.25) is 4.79 Å². The summed E-state index contributed by atoms with van der Waals surface area (Å²) in [7, 11) is 1.35. The van der Waals surface area contributed by atoms with Crippen LogP contribution in [0.15, 0.2) is 51.2 Å². The van der Waals surface area contributed by atoms with Crippen molar-refractivity contribution >= 4 is 21.9 Å². The molecule has 1 aromatic heterocycles. The van der Waals surface area contributed by atoms with Gasteiger partial charge in [0.2, 0.25) is 5.43 Å². The predicted octanol–water partition coefficient (Wildman–Crippen LogP) is 4.28. The Labute approximate surface area is 179 Å². The van der Waals surface area contributed by atoms with Crippen LogP contribution in [-0.4, -0.2) is 33.6 Å². The second-order valence-corrected chi connectivity index (χ2v) is 7.75. The van der Waals surface area contributed by atoms with Gasteiger partial charge < -0.3 is 29.6 Å². The zero-order valence-electron chi connectivity index (χ0n) is 17.7. The lowest BCUT2D eigenvalue weighted by molar-refractivity contribution is 0.206. The normalized spacial score (nSPS) is 12.1. The number of hydrogen-bond acceptors (Lipinski definition) is 7. The van der Waals surface area contributed by atoms with Gasteiger partial charge in [-0.25, -0.2) is 0 Å². The van der Waals surface area contributed by atoms with Crippen molar-refractivity contribution in [1.29, 1.82) is 0 Å². The lowest BCUT2D eigenvalue weighted by atomic mass is 9.94. The van der Waals surface area contributed by atoms with Gasteiger partial charge in [-0.15, -0.1) is 0 Å². The summed E-state index contributed by atoms with van der Waals surface area (Å²) in [6, 6.07) is 3.48. The number of phenols is 3. The topological polar surface area (TPSA) is 120 Å². The molecule has 0 fully saturated rings. The Bertz CT molecular complexity index is 1250. The molecule has 1 unspecified atom stereocenters. The summed E-state index contributed by atoms with van der Waals surface area (Å²) < 4.78 is 11.0. The molecule has 0 aliphatic heterocycles. The van der Waals surface area contributed by atoms with Gasteiger partial charge in [0, 0.05) is 30.2 Å². The molecule has 0 amide bonds. The molecule has 31 heavy (non-hydrogen) atoms. The highest BCUT2D eigenvalue weighted by Gasteiger charge is 2.24. The third kappa shape index (κ3) is 4.36. The smallest absolute Gasteiger partial charge is 0.204 e. The minimum atomic E-state index is -0.993. The molecule has 0 spiro atoms. The molecule has 0 aliphatic rings. The number of ether oxygens (including phenoxy) is 1. The van der Waals surface area contributed by atoms with E-state index in [2.05, 4.69) is 6.58 Å². The maximum atomic E-state index is 13.3. The van der Waals surface area contributed by atoms with Crippen LogP contribution in [0, 0.1) is 0 Å². The van der Waals surface area contributed by atoms with Gasteiger partial charge in [0.25, 0.3) is 0 Å². The molecule has 164 valence electrons. The minimum Gasteiger partial charge on any atom is -0.508 e. The number of hydrogen-bond donors (Lipinski definition) is 4. The van der Waals surface area contributed by atoms with Gasteiger partial charge in [0.1, 0.15) is 28.1 Å². The minimum absolute atomic E-state index is 0.0304. The lowest BCUT2D eigenvalue weighted by Crippen LogP contribution is -2.16. The number of methoxy groups -OCH3 is 1. The Hall–Kier alpha value is -3.45. The van der Waals surface area contributed by atoms with Crippen LogP contribution in [0.1, 0.15) is 32.3 Å². The van der Waals surface area contributed by atoms with Crippen molar-refractivity contribution in [1.82, 2.24) is 0 Å².